The maximum atomic E-state index is 12.4. The van der Waals surface area contributed by atoms with E-state index in [2.05, 4.69) is 39.4 Å². The van der Waals surface area contributed by atoms with Crippen LogP contribution in [0.25, 0.3) is 0 Å². The molecular formula is C21H31IN4O3S. The van der Waals surface area contributed by atoms with E-state index in [1.54, 1.807) is 18.2 Å². The van der Waals surface area contributed by atoms with Crippen molar-refractivity contribution in [2.24, 2.45) is 4.99 Å². The fourth-order valence-electron chi connectivity index (χ4n) is 2.69. The fourth-order valence-corrected chi connectivity index (χ4v) is 3.78. The molecular weight excluding hydrogens is 515 g/mol. The van der Waals surface area contributed by atoms with Crippen LogP contribution in [-0.4, -0.2) is 41.2 Å². The second-order valence-electron chi connectivity index (χ2n) is 6.58. The molecule has 0 bridgehead atoms. The third-order valence-electron chi connectivity index (χ3n) is 4.11. The van der Waals surface area contributed by atoms with Crippen LogP contribution >= 0.6 is 24.0 Å². The number of methoxy groups -OCH3 is 1. The number of nitrogens with zero attached hydrogens (tertiary/aromatic N) is 1. The number of guanidine groups is 1. The average molecular weight is 546 g/mol. The first-order valence-corrected chi connectivity index (χ1v) is 11.1. The minimum absolute atomic E-state index is 0. The number of benzene rings is 2. The van der Waals surface area contributed by atoms with Crippen LogP contribution in [0.4, 0.5) is 0 Å². The largest absolute Gasteiger partial charge is 0.383 e. The standard InChI is InChI=1S/C21H30N4O3S.HI/c1-4-22-21(23-15-18-8-5-7-17(2)13-18)24-16-19-9-6-10-20(14-19)29(26,27)25-11-12-28-3;/h5-10,13-14,25H,4,11-12,15-16H2,1-3H3,(H2,22,23,24);1H. The van der Waals surface area contributed by atoms with Gasteiger partial charge in [0.2, 0.25) is 10.0 Å². The Morgan fingerprint density at radius 1 is 1.07 bits per heavy atom. The summed E-state index contributed by atoms with van der Waals surface area (Å²) in [5.41, 5.74) is 3.19. The van der Waals surface area contributed by atoms with E-state index in [9.17, 15) is 8.42 Å². The number of rotatable bonds is 10. The molecule has 0 fully saturated rings. The van der Waals surface area contributed by atoms with Crippen LogP contribution in [0.5, 0.6) is 0 Å². The van der Waals surface area contributed by atoms with E-state index < -0.39 is 10.0 Å². The Bertz CT molecular complexity index is 920. The highest BCUT2D eigenvalue weighted by Gasteiger charge is 2.13. The summed E-state index contributed by atoms with van der Waals surface area (Å²) in [5.74, 6) is 0.681. The van der Waals surface area contributed by atoms with Crippen molar-refractivity contribution in [3.8, 4) is 0 Å². The van der Waals surface area contributed by atoms with E-state index in [1.807, 2.05) is 25.1 Å². The molecule has 0 unspecified atom stereocenters. The van der Waals surface area contributed by atoms with Gasteiger partial charge in [0.15, 0.2) is 5.96 Å². The number of halogens is 1. The summed E-state index contributed by atoms with van der Waals surface area (Å²) < 4.78 is 32.1. The van der Waals surface area contributed by atoms with Gasteiger partial charge in [-0.25, -0.2) is 18.1 Å². The summed E-state index contributed by atoms with van der Waals surface area (Å²) in [6.07, 6.45) is 0. The van der Waals surface area contributed by atoms with Crippen molar-refractivity contribution >= 4 is 40.0 Å². The monoisotopic (exact) mass is 546 g/mol. The van der Waals surface area contributed by atoms with Gasteiger partial charge in [-0.15, -0.1) is 24.0 Å². The Morgan fingerprint density at radius 2 is 1.80 bits per heavy atom. The van der Waals surface area contributed by atoms with Gasteiger partial charge >= 0.3 is 0 Å². The normalized spacial score (nSPS) is 11.6. The molecule has 0 heterocycles. The highest BCUT2D eigenvalue weighted by Crippen LogP contribution is 2.11. The lowest BCUT2D eigenvalue weighted by Crippen LogP contribution is -2.36. The number of aliphatic imine (C=N–C) groups is 1. The average Bonchev–Trinajstić information content (AvgIpc) is 2.70. The number of hydrogen-bond acceptors (Lipinski definition) is 4. The molecule has 2 aromatic rings. The third kappa shape index (κ3) is 8.99. The number of ether oxygens (including phenoxy) is 1. The van der Waals surface area contributed by atoms with Crippen molar-refractivity contribution in [1.29, 1.82) is 0 Å². The molecule has 0 aliphatic rings. The highest BCUT2D eigenvalue weighted by molar-refractivity contribution is 14.0. The lowest BCUT2D eigenvalue weighted by Gasteiger charge is -2.12. The zero-order valence-electron chi connectivity index (χ0n) is 17.6. The molecule has 0 saturated heterocycles. The van der Waals surface area contributed by atoms with Crippen LogP contribution < -0.4 is 15.4 Å². The second-order valence-corrected chi connectivity index (χ2v) is 8.34. The molecule has 0 atom stereocenters. The topological polar surface area (TPSA) is 91.8 Å². The maximum absolute atomic E-state index is 12.4. The molecule has 0 amide bonds. The van der Waals surface area contributed by atoms with E-state index in [4.69, 9.17) is 4.74 Å². The SMILES string of the molecule is CCNC(=NCc1cccc(C)c1)NCc1cccc(S(=O)(=O)NCCOC)c1.I. The van der Waals surface area contributed by atoms with Crippen molar-refractivity contribution < 1.29 is 13.2 Å². The molecule has 0 aliphatic carbocycles. The molecule has 0 saturated carbocycles. The number of nitrogens with one attached hydrogen (secondary N) is 3. The van der Waals surface area contributed by atoms with Gasteiger partial charge in [-0.05, 0) is 37.1 Å². The summed E-state index contributed by atoms with van der Waals surface area (Å²) in [4.78, 5) is 4.84. The lowest BCUT2D eigenvalue weighted by atomic mass is 10.1. The molecule has 30 heavy (non-hydrogen) atoms. The smallest absolute Gasteiger partial charge is 0.240 e. The van der Waals surface area contributed by atoms with Gasteiger partial charge in [-0.1, -0.05) is 42.0 Å². The minimum Gasteiger partial charge on any atom is -0.383 e. The van der Waals surface area contributed by atoms with E-state index in [-0.39, 0.29) is 35.4 Å². The van der Waals surface area contributed by atoms with E-state index in [0.717, 1.165) is 17.7 Å². The third-order valence-corrected chi connectivity index (χ3v) is 5.57. The maximum Gasteiger partial charge on any atom is 0.240 e. The molecule has 2 aromatic carbocycles. The quantitative estimate of drug-likeness (QED) is 0.185. The Kier molecular flexibility index (Phi) is 11.9. The Labute approximate surface area is 196 Å². The van der Waals surface area contributed by atoms with Crippen LogP contribution in [0.2, 0.25) is 0 Å². The molecule has 0 spiro atoms. The molecule has 0 aromatic heterocycles. The van der Waals surface area contributed by atoms with E-state index in [1.165, 1.54) is 12.7 Å². The first kappa shape index (κ1) is 26.3. The zero-order chi connectivity index (χ0) is 21.1. The molecule has 0 aliphatic heterocycles. The van der Waals surface area contributed by atoms with Crippen LogP contribution in [-0.2, 0) is 27.8 Å². The van der Waals surface area contributed by atoms with Crippen LogP contribution in [0, 0.1) is 6.92 Å². The minimum atomic E-state index is -3.56. The van der Waals surface area contributed by atoms with Gasteiger partial charge in [0.1, 0.15) is 0 Å². The molecule has 9 heteroatoms. The first-order chi connectivity index (χ1) is 13.9. The van der Waals surface area contributed by atoms with Gasteiger partial charge in [-0.3, -0.25) is 0 Å². The summed E-state index contributed by atoms with van der Waals surface area (Å²) >= 11 is 0. The Hall–Kier alpha value is -1.69. The predicted molar refractivity (Wildman–Crippen MR) is 132 cm³/mol. The van der Waals surface area contributed by atoms with E-state index in [0.29, 0.717) is 25.7 Å². The molecule has 3 N–H and O–H groups in total. The van der Waals surface area contributed by atoms with Gasteiger partial charge in [0.25, 0.3) is 0 Å². The zero-order valence-corrected chi connectivity index (χ0v) is 20.8. The van der Waals surface area contributed by atoms with E-state index >= 15 is 0 Å². The van der Waals surface area contributed by atoms with Crippen molar-refractivity contribution in [3.05, 3.63) is 65.2 Å². The van der Waals surface area contributed by atoms with Crippen LogP contribution in [0.3, 0.4) is 0 Å². The van der Waals surface area contributed by atoms with Crippen LogP contribution in [0.1, 0.15) is 23.6 Å². The molecule has 166 valence electrons. The van der Waals surface area contributed by atoms with Crippen molar-refractivity contribution in [2.45, 2.75) is 31.8 Å². The van der Waals surface area contributed by atoms with Gasteiger partial charge in [-0.2, -0.15) is 0 Å². The predicted octanol–water partition coefficient (Wildman–Crippen LogP) is 2.79. The van der Waals surface area contributed by atoms with Gasteiger partial charge in [0, 0.05) is 26.7 Å². The van der Waals surface area contributed by atoms with Crippen molar-refractivity contribution in [3.63, 3.8) is 0 Å². The van der Waals surface area contributed by atoms with Gasteiger partial charge in [0.05, 0.1) is 18.0 Å². The summed E-state index contributed by atoms with van der Waals surface area (Å²) in [6, 6.07) is 15.1. The number of sulfonamides is 1. The Morgan fingerprint density at radius 3 is 2.50 bits per heavy atom. The van der Waals surface area contributed by atoms with Crippen LogP contribution in [0.15, 0.2) is 58.4 Å². The summed E-state index contributed by atoms with van der Waals surface area (Å²) in [7, 11) is -2.03. The van der Waals surface area contributed by atoms with Gasteiger partial charge < -0.3 is 15.4 Å². The number of hydrogen-bond donors (Lipinski definition) is 3. The molecule has 7 nitrogen and oxygen atoms in total. The summed E-state index contributed by atoms with van der Waals surface area (Å²) in [5, 5.41) is 6.47. The fraction of sp³-hybridized carbons (Fsp3) is 0.381. The molecule has 2 rings (SSSR count). The molecule has 0 radical (unpaired) electrons. The lowest BCUT2D eigenvalue weighted by molar-refractivity contribution is 0.204. The number of aryl methyl sites for hydroxylation is 1. The van der Waals surface area contributed by atoms with Crippen molar-refractivity contribution in [1.82, 2.24) is 15.4 Å². The summed E-state index contributed by atoms with van der Waals surface area (Å²) in [6.45, 7) is 6.37. The Balaban J connectivity index is 0.00000450. The highest BCUT2D eigenvalue weighted by atomic mass is 127. The second kappa shape index (κ2) is 13.6. The first-order valence-electron chi connectivity index (χ1n) is 9.60. The van der Waals surface area contributed by atoms with Crippen molar-refractivity contribution in [2.75, 3.05) is 26.8 Å².